The molecule has 0 aromatic heterocycles. The van der Waals surface area contributed by atoms with Gasteiger partial charge in [0.2, 0.25) is 0 Å². The van der Waals surface area contributed by atoms with E-state index >= 15 is 0 Å². The molecule has 0 fully saturated rings. The normalized spacial score (nSPS) is 14.9. The number of aliphatic carboxylic acids is 1. The number of ether oxygens (including phenoxy) is 3. The average molecular weight is 471 g/mol. The van der Waals surface area contributed by atoms with Gasteiger partial charge in [-0.3, -0.25) is 4.79 Å². The predicted molar refractivity (Wildman–Crippen MR) is 125 cm³/mol. The van der Waals surface area contributed by atoms with Crippen LogP contribution in [0.5, 0.6) is 0 Å². The Kier molecular flexibility index (Phi) is 8.25. The zero-order valence-electron chi connectivity index (χ0n) is 19.5. The molecule has 1 aliphatic carbocycles. The minimum absolute atomic E-state index is 0.0885. The van der Waals surface area contributed by atoms with E-state index in [4.69, 9.17) is 14.2 Å². The van der Waals surface area contributed by atoms with E-state index < -0.39 is 29.6 Å². The van der Waals surface area contributed by atoms with Crippen molar-refractivity contribution in [3.63, 3.8) is 0 Å². The van der Waals surface area contributed by atoms with Gasteiger partial charge in [0.25, 0.3) is 5.91 Å². The molecule has 3 N–H and O–H groups in total. The van der Waals surface area contributed by atoms with Crippen molar-refractivity contribution in [1.82, 2.24) is 10.6 Å². The summed E-state index contributed by atoms with van der Waals surface area (Å²) in [6.07, 6.45) is -1.70. The van der Waals surface area contributed by atoms with Crippen molar-refractivity contribution in [2.24, 2.45) is 0 Å². The van der Waals surface area contributed by atoms with Crippen molar-refractivity contribution in [3.05, 3.63) is 59.7 Å². The molecule has 0 aliphatic heterocycles. The molecule has 0 saturated heterocycles. The second kappa shape index (κ2) is 11.1. The lowest BCUT2D eigenvalue weighted by atomic mass is 9.97. The molecule has 0 spiro atoms. The molecule has 3 rings (SSSR count). The molecule has 2 atom stereocenters. The summed E-state index contributed by atoms with van der Waals surface area (Å²) in [4.78, 5) is 36.7. The number of carbonyl (C=O) groups is 3. The monoisotopic (exact) mass is 470 g/mol. The molecular formula is C25H30N2O7. The number of nitrogens with one attached hydrogen (secondary N) is 2. The minimum atomic E-state index is -1.59. The van der Waals surface area contributed by atoms with E-state index in [0.29, 0.717) is 0 Å². The quantitative estimate of drug-likeness (QED) is 0.461. The number of alkyl carbamates (subject to hydrolysis) is 1. The SMILES string of the molecule is CCC(COC)(NC(=O)C(CNC(=O)OCC1c2ccccc2-c2ccccc21)OC)C(=O)O. The Labute approximate surface area is 198 Å². The van der Waals surface area contributed by atoms with Gasteiger partial charge >= 0.3 is 12.1 Å². The van der Waals surface area contributed by atoms with Gasteiger partial charge in [-0.05, 0) is 28.7 Å². The molecule has 0 heterocycles. The van der Waals surface area contributed by atoms with Crippen molar-refractivity contribution in [2.45, 2.75) is 30.9 Å². The van der Waals surface area contributed by atoms with Crippen LogP contribution in [0.4, 0.5) is 4.79 Å². The molecule has 0 bridgehead atoms. The number of benzene rings is 2. The molecule has 2 aromatic carbocycles. The number of carboxylic acid groups (broad SMARTS) is 1. The van der Waals surface area contributed by atoms with Crippen LogP contribution < -0.4 is 10.6 Å². The van der Waals surface area contributed by atoms with Gasteiger partial charge in [0.1, 0.15) is 6.61 Å². The summed E-state index contributed by atoms with van der Waals surface area (Å²) in [6, 6.07) is 16.0. The summed E-state index contributed by atoms with van der Waals surface area (Å²) in [7, 11) is 2.65. The first-order valence-electron chi connectivity index (χ1n) is 11.0. The van der Waals surface area contributed by atoms with Crippen LogP contribution in [-0.2, 0) is 23.8 Å². The van der Waals surface area contributed by atoms with Gasteiger partial charge in [-0.25, -0.2) is 9.59 Å². The zero-order valence-corrected chi connectivity index (χ0v) is 19.5. The Morgan fingerprint density at radius 3 is 2.12 bits per heavy atom. The maximum Gasteiger partial charge on any atom is 0.407 e. The highest BCUT2D eigenvalue weighted by atomic mass is 16.5. The highest BCUT2D eigenvalue weighted by Crippen LogP contribution is 2.44. The number of amides is 2. The Morgan fingerprint density at radius 2 is 1.62 bits per heavy atom. The summed E-state index contributed by atoms with van der Waals surface area (Å²) in [6.45, 7) is 1.37. The molecule has 182 valence electrons. The van der Waals surface area contributed by atoms with Gasteiger partial charge in [-0.2, -0.15) is 0 Å². The number of rotatable bonds is 11. The van der Waals surface area contributed by atoms with E-state index in [1.165, 1.54) is 14.2 Å². The van der Waals surface area contributed by atoms with Crippen LogP contribution in [0, 0.1) is 0 Å². The number of hydrogen-bond donors (Lipinski definition) is 3. The largest absolute Gasteiger partial charge is 0.479 e. The number of hydrogen-bond acceptors (Lipinski definition) is 6. The lowest BCUT2D eigenvalue weighted by Crippen LogP contribution is -2.60. The maximum absolute atomic E-state index is 12.6. The standard InChI is InChI=1S/C25H30N2O7/c1-4-25(15-32-2,23(29)30)27-22(28)21(33-3)13-26-24(31)34-14-20-18-11-7-5-9-16(18)17-10-6-8-12-19(17)20/h5-12,20-21H,4,13-15H2,1-3H3,(H,26,31)(H,27,28)(H,29,30). The third-order valence-corrected chi connectivity index (χ3v) is 6.12. The van der Waals surface area contributed by atoms with E-state index in [2.05, 4.69) is 10.6 Å². The number of carboxylic acids is 1. The predicted octanol–water partition coefficient (Wildman–Crippen LogP) is 2.54. The summed E-state index contributed by atoms with van der Waals surface area (Å²) in [5.74, 6) is -1.98. The molecule has 0 saturated carbocycles. The van der Waals surface area contributed by atoms with Gasteiger partial charge in [0.05, 0.1) is 13.2 Å². The molecular weight excluding hydrogens is 440 g/mol. The Morgan fingerprint density at radius 1 is 1.03 bits per heavy atom. The third kappa shape index (κ3) is 5.21. The zero-order chi connectivity index (χ0) is 24.7. The van der Waals surface area contributed by atoms with E-state index in [0.717, 1.165) is 22.3 Å². The highest BCUT2D eigenvalue weighted by molar-refractivity contribution is 5.89. The molecule has 2 amide bonds. The maximum atomic E-state index is 12.6. The number of carbonyl (C=O) groups excluding carboxylic acids is 2. The van der Waals surface area contributed by atoms with Crippen LogP contribution in [0.2, 0.25) is 0 Å². The van der Waals surface area contributed by atoms with Gasteiger partial charge in [-0.1, -0.05) is 55.5 Å². The molecule has 2 aromatic rings. The molecule has 0 radical (unpaired) electrons. The van der Waals surface area contributed by atoms with Crippen molar-refractivity contribution >= 4 is 18.0 Å². The summed E-state index contributed by atoms with van der Waals surface area (Å²) in [5, 5.41) is 14.6. The van der Waals surface area contributed by atoms with E-state index in [9.17, 15) is 19.5 Å². The van der Waals surface area contributed by atoms with Crippen LogP contribution in [0.3, 0.4) is 0 Å². The molecule has 2 unspecified atom stereocenters. The fourth-order valence-corrected chi connectivity index (χ4v) is 4.16. The molecule has 34 heavy (non-hydrogen) atoms. The Hall–Kier alpha value is -3.43. The lowest BCUT2D eigenvalue weighted by Gasteiger charge is -2.30. The second-order valence-corrected chi connectivity index (χ2v) is 8.09. The summed E-state index contributed by atoms with van der Waals surface area (Å²) in [5.41, 5.74) is 2.84. The lowest BCUT2D eigenvalue weighted by molar-refractivity contribution is -0.152. The van der Waals surface area contributed by atoms with Crippen LogP contribution in [0.25, 0.3) is 11.1 Å². The highest BCUT2D eigenvalue weighted by Gasteiger charge is 2.40. The number of fused-ring (bicyclic) bond motifs is 3. The summed E-state index contributed by atoms with van der Waals surface area (Å²) < 4.78 is 15.6. The van der Waals surface area contributed by atoms with E-state index in [1.54, 1.807) is 6.92 Å². The van der Waals surface area contributed by atoms with Crippen molar-refractivity contribution < 1.29 is 33.7 Å². The van der Waals surface area contributed by atoms with Crippen LogP contribution in [0.1, 0.15) is 30.4 Å². The van der Waals surface area contributed by atoms with Crippen molar-refractivity contribution in [3.8, 4) is 11.1 Å². The Bertz CT molecular complexity index is 996. The average Bonchev–Trinajstić information content (AvgIpc) is 3.16. The van der Waals surface area contributed by atoms with E-state index in [-0.39, 0.29) is 32.1 Å². The van der Waals surface area contributed by atoms with Crippen molar-refractivity contribution in [1.29, 1.82) is 0 Å². The Balaban J connectivity index is 1.58. The molecule has 9 heteroatoms. The smallest absolute Gasteiger partial charge is 0.407 e. The first kappa shape index (κ1) is 25.2. The first-order chi connectivity index (χ1) is 16.4. The van der Waals surface area contributed by atoms with Crippen molar-refractivity contribution in [2.75, 3.05) is 34.0 Å². The fourth-order valence-electron chi connectivity index (χ4n) is 4.16. The van der Waals surface area contributed by atoms with E-state index in [1.807, 2.05) is 48.5 Å². The van der Waals surface area contributed by atoms with Crippen LogP contribution in [0.15, 0.2) is 48.5 Å². The van der Waals surface area contributed by atoms with Gasteiger partial charge in [0, 0.05) is 20.1 Å². The molecule has 1 aliphatic rings. The summed E-state index contributed by atoms with van der Waals surface area (Å²) >= 11 is 0. The van der Waals surface area contributed by atoms with Crippen LogP contribution >= 0.6 is 0 Å². The second-order valence-electron chi connectivity index (χ2n) is 8.09. The third-order valence-electron chi connectivity index (χ3n) is 6.12. The van der Waals surface area contributed by atoms with Gasteiger partial charge < -0.3 is 30.0 Å². The van der Waals surface area contributed by atoms with Crippen LogP contribution in [-0.4, -0.2) is 68.7 Å². The topological polar surface area (TPSA) is 123 Å². The molecule has 9 nitrogen and oxygen atoms in total. The van der Waals surface area contributed by atoms with Gasteiger partial charge in [-0.15, -0.1) is 0 Å². The number of methoxy groups -OCH3 is 2. The first-order valence-corrected chi connectivity index (χ1v) is 11.0. The fraction of sp³-hybridized carbons (Fsp3) is 0.400. The van der Waals surface area contributed by atoms with Gasteiger partial charge in [0.15, 0.2) is 11.6 Å². The minimum Gasteiger partial charge on any atom is -0.479 e.